The van der Waals surface area contributed by atoms with E-state index < -0.39 is 14.3 Å². The highest BCUT2D eigenvalue weighted by atomic mass is 32.1. The van der Waals surface area contributed by atoms with Crippen molar-refractivity contribution in [1.82, 2.24) is 4.98 Å². The molecule has 1 heterocycles. The molecule has 6 nitrogen and oxygen atoms in total. The van der Waals surface area contributed by atoms with E-state index >= 15 is 0 Å². The monoisotopic (exact) mass is 265 g/mol. The molecule has 0 saturated carbocycles. The molecular weight excluding hydrogens is 252 g/mol. The van der Waals surface area contributed by atoms with Gasteiger partial charge in [0.2, 0.25) is 0 Å². The highest BCUT2D eigenvalue weighted by molar-refractivity contribution is 8.28. The van der Waals surface area contributed by atoms with Crippen LogP contribution in [-0.2, 0) is 20.1 Å². The average molecular weight is 265 g/mol. The van der Waals surface area contributed by atoms with Crippen molar-refractivity contribution in [2.24, 2.45) is 0 Å². The highest BCUT2D eigenvalue weighted by Crippen LogP contribution is 2.75. The van der Waals surface area contributed by atoms with Gasteiger partial charge in [0.1, 0.15) is 0 Å². The molecule has 0 saturated heterocycles. The fourth-order valence-corrected chi connectivity index (χ4v) is 2.35. The van der Waals surface area contributed by atoms with Crippen LogP contribution in [0.15, 0.2) is 24.4 Å². The second-order valence-electron chi connectivity index (χ2n) is 3.23. The van der Waals surface area contributed by atoms with Crippen molar-refractivity contribution in [3.05, 3.63) is 30.1 Å². The molecule has 2 unspecified atom stereocenters. The summed E-state index contributed by atoms with van der Waals surface area (Å²) in [6.45, 7) is 0.678. The van der Waals surface area contributed by atoms with E-state index in [0.717, 1.165) is 6.66 Å². The number of nitrogens with zero attached hydrogens (tertiary/aromatic N) is 1. The summed E-state index contributed by atoms with van der Waals surface area (Å²) in [5.41, 5.74) is 0.686. The van der Waals surface area contributed by atoms with Gasteiger partial charge in [-0.1, -0.05) is 6.07 Å². The molecule has 8 heteroatoms. The first-order valence-corrected chi connectivity index (χ1v) is 8.90. The molecule has 0 aliphatic heterocycles. The fraction of sp³-hybridized carbons (Fsp3) is 0.375. The van der Waals surface area contributed by atoms with Gasteiger partial charge in [0.05, 0.1) is 6.61 Å². The molecule has 0 aromatic carbocycles. The number of aromatic nitrogens is 1. The van der Waals surface area contributed by atoms with E-state index in [1.807, 2.05) is 0 Å². The molecule has 90 valence electrons. The SMILES string of the molecule is CP(=O)(O)P(=O)(O)OCCc1ccccn1. The lowest BCUT2D eigenvalue weighted by Crippen LogP contribution is -1.99. The molecule has 2 atom stereocenters. The topological polar surface area (TPSA) is 96.7 Å². The van der Waals surface area contributed by atoms with Crippen molar-refractivity contribution >= 4 is 14.3 Å². The average Bonchev–Trinajstić information content (AvgIpc) is 2.17. The van der Waals surface area contributed by atoms with Crippen LogP contribution in [0.4, 0.5) is 0 Å². The normalized spacial score (nSPS) is 18.7. The standard InChI is InChI=1S/C8H13NO5P2/c1-15(10,11)16(12,13)14-7-5-8-4-2-3-6-9-8/h2-4,6H,5,7H2,1H3,(H,10,11)(H,12,13). The van der Waals surface area contributed by atoms with Crippen LogP contribution in [-0.4, -0.2) is 28.0 Å². The Morgan fingerprint density at radius 2 is 2.06 bits per heavy atom. The zero-order valence-electron chi connectivity index (χ0n) is 8.68. The molecule has 1 aromatic heterocycles. The summed E-state index contributed by atoms with van der Waals surface area (Å²) in [4.78, 5) is 22.1. The van der Waals surface area contributed by atoms with Gasteiger partial charge in [0.25, 0.3) is 0 Å². The largest absolute Gasteiger partial charge is 0.409 e. The van der Waals surface area contributed by atoms with E-state index in [1.165, 1.54) is 0 Å². The van der Waals surface area contributed by atoms with Gasteiger partial charge >= 0.3 is 14.3 Å². The van der Waals surface area contributed by atoms with E-state index in [1.54, 1.807) is 24.4 Å². The van der Waals surface area contributed by atoms with Crippen LogP contribution >= 0.6 is 14.3 Å². The van der Waals surface area contributed by atoms with Crippen LogP contribution in [0.3, 0.4) is 0 Å². The van der Waals surface area contributed by atoms with E-state index in [4.69, 9.17) is 9.79 Å². The maximum Gasteiger partial charge on any atom is 0.409 e. The maximum atomic E-state index is 11.2. The Morgan fingerprint density at radius 1 is 1.38 bits per heavy atom. The molecule has 0 spiro atoms. The van der Waals surface area contributed by atoms with Crippen LogP contribution in [0.2, 0.25) is 0 Å². The minimum Gasteiger partial charge on any atom is -0.336 e. The molecule has 2 N–H and O–H groups in total. The fourth-order valence-electron chi connectivity index (χ4n) is 0.922. The number of rotatable bonds is 5. The lowest BCUT2D eigenvalue weighted by molar-refractivity contribution is 0.271. The van der Waals surface area contributed by atoms with Gasteiger partial charge in [-0.3, -0.25) is 9.55 Å². The van der Waals surface area contributed by atoms with E-state index in [2.05, 4.69) is 9.51 Å². The minimum absolute atomic E-state index is 0.122. The highest BCUT2D eigenvalue weighted by Gasteiger charge is 2.38. The summed E-state index contributed by atoms with van der Waals surface area (Å²) in [5.74, 6) is 0. The molecule has 0 bridgehead atoms. The number of hydrogen-bond acceptors (Lipinski definition) is 4. The third kappa shape index (κ3) is 3.81. The Hall–Kier alpha value is -0.510. The predicted molar refractivity (Wildman–Crippen MR) is 59.5 cm³/mol. The van der Waals surface area contributed by atoms with Crippen molar-refractivity contribution in [3.8, 4) is 0 Å². The first-order chi connectivity index (χ1) is 7.33. The Balaban J connectivity index is 2.49. The van der Waals surface area contributed by atoms with Gasteiger partial charge in [-0.25, -0.2) is 4.57 Å². The summed E-state index contributed by atoms with van der Waals surface area (Å²) in [5, 5.41) is 0. The summed E-state index contributed by atoms with van der Waals surface area (Å²) >= 11 is 0. The van der Waals surface area contributed by atoms with Gasteiger partial charge in [-0.2, -0.15) is 0 Å². The zero-order chi connectivity index (χ0) is 12.2. The molecule has 1 rings (SSSR count). The second-order valence-corrected chi connectivity index (χ2v) is 9.88. The summed E-state index contributed by atoms with van der Waals surface area (Å²) in [6.07, 6.45) is 1.90. The third-order valence-corrected chi connectivity index (χ3v) is 6.43. The van der Waals surface area contributed by atoms with E-state index in [9.17, 15) is 9.13 Å². The lowest BCUT2D eigenvalue weighted by Gasteiger charge is -2.13. The van der Waals surface area contributed by atoms with E-state index in [-0.39, 0.29) is 6.61 Å². The quantitative estimate of drug-likeness (QED) is 0.785. The van der Waals surface area contributed by atoms with Crippen molar-refractivity contribution < 1.29 is 23.4 Å². The Morgan fingerprint density at radius 3 is 2.56 bits per heavy atom. The third-order valence-electron chi connectivity index (χ3n) is 1.81. The van der Waals surface area contributed by atoms with Crippen molar-refractivity contribution in [2.75, 3.05) is 13.3 Å². The molecule has 0 aliphatic carbocycles. The Kier molecular flexibility index (Phi) is 4.42. The van der Waals surface area contributed by atoms with Crippen LogP contribution in [0, 0.1) is 0 Å². The first kappa shape index (κ1) is 13.6. The van der Waals surface area contributed by atoms with Crippen LogP contribution in [0.1, 0.15) is 5.69 Å². The molecule has 0 aliphatic rings. The van der Waals surface area contributed by atoms with Crippen molar-refractivity contribution in [1.29, 1.82) is 0 Å². The van der Waals surface area contributed by atoms with Crippen molar-refractivity contribution in [2.45, 2.75) is 6.42 Å². The van der Waals surface area contributed by atoms with Gasteiger partial charge in [0.15, 0.2) is 0 Å². The first-order valence-electron chi connectivity index (χ1n) is 4.51. The predicted octanol–water partition coefficient (Wildman–Crippen LogP) is 1.64. The van der Waals surface area contributed by atoms with Gasteiger partial charge < -0.3 is 14.3 Å². The second kappa shape index (κ2) is 5.21. The molecular formula is C8H13NO5P2. The van der Waals surface area contributed by atoms with Crippen LogP contribution in [0.25, 0.3) is 0 Å². The van der Waals surface area contributed by atoms with Gasteiger partial charge in [-0.05, 0) is 12.1 Å². The zero-order valence-corrected chi connectivity index (χ0v) is 10.5. The van der Waals surface area contributed by atoms with Crippen molar-refractivity contribution in [3.63, 3.8) is 0 Å². The summed E-state index contributed by atoms with van der Waals surface area (Å²) in [7, 11) is -8.55. The van der Waals surface area contributed by atoms with Crippen LogP contribution < -0.4 is 0 Å². The minimum atomic E-state index is -4.43. The molecule has 16 heavy (non-hydrogen) atoms. The Labute approximate surface area is 93.2 Å². The van der Waals surface area contributed by atoms with E-state index in [0.29, 0.717) is 12.1 Å². The number of pyridine rings is 1. The smallest absolute Gasteiger partial charge is 0.336 e. The molecule has 0 radical (unpaired) electrons. The summed E-state index contributed by atoms with van der Waals surface area (Å²) in [6, 6.07) is 5.25. The van der Waals surface area contributed by atoms with Gasteiger partial charge in [-0.15, -0.1) is 0 Å². The molecule has 0 fully saturated rings. The van der Waals surface area contributed by atoms with Crippen LogP contribution in [0.5, 0.6) is 0 Å². The maximum absolute atomic E-state index is 11.2. The molecule has 1 aromatic rings. The Bertz CT molecular complexity index is 429. The molecule has 0 amide bonds. The lowest BCUT2D eigenvalue weighted by atomic mass is 10.3. The van der Waals surface area contributed by atoms with Gasteiger partial charge in [0, 0.05) is 25.0 Å². The summed E-state index contributed by atoms with van der Waals surface area (Å²) < 4.78 is 26.8. The number of hydrogen-bond donors (Lipinski definition) is 2.